The van der Waals surface area contributed by atoms with E-state index in [1.165, 1.54) is 21.7 Å². The SMILES string of the molecule is CCCOc1ccc2c(C#N)c(-c3ccc(N4CCCS4(=O)=O)cc3)n(CC)c2c1.CCCS(=O)(=O)Nc1ccccc1-c1c(C#N)c2ccc(OC)cc2n1CC.CCn1c(-c2ccc(N(C)S(=O)(=O)CCl)cc2)c(C#N)c2ccc(OC)cc21.CCn1c(-c2ccc(N3CCCS3(=O)=O)cc2)c(C#N)c2ccc(OC(C)C)cc21.N#Cc1c(-c2ccc(NS(=O)(=O)C3CC3)cc2)n(CC2CC2)c2cc(OC(F)F)ccc12. The summed E-state index contributed by atoms with van der Waals surface area (Å²) in [6.45, 7) is 18.1. The molecule has 0 spiro atoms. The van der Waals surface area contributed by atoms with Crippen molar-refractivity contribution >= 4 is 145 Å². The molecule has 38 heteroatoms. The number of rotatable bonds is 32. The van der Waals surface area contributed by atoms with Crippen LogP contribution in [0.4, 0.5) is 37.2 Å². The van der Waals surface area contributed by atoms with Gasteiger partial charge in [-0.25, -0.2) is 42.1 Å². The lowest BCUT2D eigenvalue weighted by Crippen LogP contribution is -2.27. The number of anilines is 5. The summed E-state index contributed by atoms with van der Waals surface area (Å²) in [5, 5.41) is 52.7. The summed E-state index contributed by atoms with van der Waals surface area (Å²) in [6, 6.07) is 75.2. The zero-order chi connectivity index (χ0) is 106. The molecule has 0 radical (unpaired) electrons. The molecule has 2 N–H and O–H groups in total. The van der Waals surface area contributed by atoms with E-state index >= 15 is 0 Å². The van der Waals surface area contributed by atoms with Crippen LogP contribution in [0.1, 0.15) is 135 Å². The van der Waals surface area contributed by atoms with Gasteiger partial charge in [0.15, 0.2) is 0 Å². The zero-order valence-electron chi connectivity index (χ0n) is 83.8. The summed E-state index contributed by atoms with van der Waals surface area (Å²) >= 11 is 5.53. The van der Waals surface area contributed by atoms with Gasteiger partial charge in [0.1, 0.15) is 64.3 Å². The van der Waals surface area contributed by atoms with Crippen LogP contribution in [0.2, 0.25) is 0 Å². The molecule has 5 aromatic heterocycles. The number of hydrogen-bond acceptors (Lipinski definition) is 20. The third kappa shape index (κ3) is 22.8. The molecule has 4 fully saturated rings. The van der Waals surface area contributed by atoms with Crippen LogP contribution in [0.25, 0.3) is 111 Å². The molecule has 4 aliphatic rings. The van der Waals surface area contributed by atoms with Gasteiger partial charge in [-0.1, -0.05) is 80.6 Å². The number of halogens is 3. The second kappa shape index (κ2) is 45.7. The number of nitriles is 5. The fourth-order valence-electron chi connectivity index (χ4n) is 18.9. The van der Waals surface area contributed by atoms with Crippen molar-refractivity contribution in [3.8, 4) is 115 Å². The number of para-hydroxylation sites is 1. The summed E-state index contributed by atoms with van der Waals surface area (Å²) < 4.78 is 194. The maximum Gasteiger partial charge on any atom is 0.387 e. The number of methoxy groups -OCH3 is 2. The van der Waals surface area contributed by atoms with E-state index in [9.17, 15) is 77.2 Å². The number of fused-ring (bicyclic) bond motifs is 5. The molecule has 0 bridgehead atoms. The Morgan fingerprint density at radius 1 is 0.453 bits per heavy atom. The lowest BCUT2D eigenvalue weighted by atomic mass is 10.0. The zero-order valence-corrected chi connectivity index (χ0v) is 88.6. The van der Waals surface area contributed by atoms with E-state index in [1.54, 1.807) is 74.9 Å². The van der Waals surface area contributed by atoms with E-state index in [0.29, 0.717) is 180 Å². The van der Waals surface area contributed by atoms with Gasteiger partial charge in [0.25, 0.3) is 0 Å². The van der Waals surface area contributed by atoms with E-state index in [2.05, 4.69) is 72.1 Å². The van der Waals surface area contributed by atoms with Gasteiger partial charge in [-0.15, -0.1) is 11.6 Å². The van der Waals surface area contributed by atoms with Crippen molar-refractivity contribution in [3.63, 3.8) is 0 Å². The predicted molar refractivity (Wildman–Crippen MR) is 580 cm³/mol. The fraction of sp³-hybridized carbons (Fsp3) is 0.318. The lowest BCUT2D eigenvalue weighted by Gasteiger charge is -2.18. The number of aryl methyl sites for hydroxylation is 4. The Balaban J connectivity index is 0.000000139. The van der Waals surface area contributed by atoms with Crippen LogP contribution in [0, 0.1) is 62.6 Å². The number of ether oxygens (including phenoxy) is 5. The van der Waals surface area contributed by atoms with Gasteiger partial charge in [-0.3, -0.25) is 22.4 Å². The first-order chi connectivity index (χ1) is 71.0. The summed E-state index contributed by atoms with van der Waals surface area (Å²) in [5.74, 6) is 3.94. The predicted octanol–water partition coefficient (Wildman–Crippen LogP) is 22.7. The average Bonchev–Trinajstić information content (AvgIpc) is 1.58. The van der Waals surface area contributed by atoms with Crippen LogP contribution in [-0.2, 0) is 82.8 Å². The second-order valence-corrected chi connectivity index (χ2v) is 46.5. The Morgan fingerprint density at radius 2 is 0.824 bits per heavy atom. The molecule has 2 saturated carbocycles. The van der Waals surface area contributed by atoms with Crippen molar-refractivity contribution in [2.75, 3.05) is 85.8 Å². The topological polar surface area (TPSA) is 394 Å². The minimum Gasteiger partial charge on any atom is -0.497 e. The minimum atomic E-state index is -3.56. The Labute approximate surface area is 866 Å². The molecule has 148 heavy (non-hydrogen) atoms. The van der Waals surface area contributed by atoms with Crippen LogP contribution in [0.15, 0.2) is 212 Å². The van der Waals surface area contributed by atoms with Crippen molar-refractivity contribution in [3.05, 3.63) is 240 Å². The van der Waals surface area contributed by atoms with Gasteiger partial charge in [-0.05, 0) is 236 Å². The highest BCUT2D eigenvalue weighted by Crippen LogP contribution is 2.46. The van der Waals surface area contributed by atoms with Gasteiger partial charge in [0.05, 0.1) is 156 Å². The van der Waals surface area contributed by atoms with Crippen LogP contribution in [0.3, 0.4) is 0 Å². The van der Waals surface area contributed by atoms with E-state index < -0.39 is 61.9 Å². The van der Waals surface area contributed by atoms with Gasteiger partial charge in [0.2, 0.25) is 50.1 Å². The number of nitrogens with zero attached hydrogens (tertiary/aromatic N) is 13. The van der Waals surface area contributed by atoms with Crippen molar-refractivity contribution < 1.29 is 74.6 Å². The number of hydrogen-bond donors (Lipinski definition) is 2. The van der Waals surface area contributed by atoms with Crippen LogP contribution >= 0.6 is 11.6 Å². The number of sulfonamides is 5. The molecule has 15 aromatic rings. The summed E-state index contributed by atoms with van der Waals surface area (Å²) in [4.78, 5) is 0. The quantitative estimate of drug-likeness (QED) is 0.0370. The van der Waals surface area contributed by atoms with Crippen LogP contribution in [-0.4, -0.2) is 146 Å². The third-order valence-electron chi connectivity index (χ3n) is 26.1. The molecule has 10 aromatic carbocycles. The van der Waals surface area contributed by atoms with E-state index in [-0.39, 0.29) is 34.4 Å². The molecule has 2 saturated heterocycles. The smallest absolute Gasteiger partial charge is 0.387 e. The molecule has 0 amide bonds. The number of benzene rings is 10. The minimum absolute atomic E-state index is 0.0421. The number of nitrogens with one attached hydrogen (secondary N) is 2. The maximum atomic E-state index is 12.7. The van der Waals surface area contributed by atoms with Crippen LogP contribution in [0.5, 0.6) is 28.7 Å². The Hall–Kier alpha value is -14.8. The Bertz CT molecular complexity index is 8360. The van der Waals surface area contributed by atoms with Crippen molar-refractivity contribution in [1.82, 2.24) is 22.8 Å². The van der Waals surface area contributed by atoms with Gasteiger partial charge in [-0.2, -0.15) is 35.1 Å². The Morgan fingerprint density at radius 3 is 1.20 bits per heavy atom. The molecular weight excluding hydrogens is 2010 g/mol. The number of alkyl halides is 3. The highest BCUT2D eigenvalue weighted by Gasteiger charge is 2.37. The summed E-state index contributed by atoms with van der Waals surface area (Å²) in [5.41, 5.74) is 17.8. The maximum absolute atomic E-state index is 12.7. The molecular formula is C110H114ClF2N15O15S5. The molecule has 30 nitrogen and oxygen atoms in total. The van der Waals surface area contributed by atoms with E-state index in [1.807, 2.05) is 196 Å². The molecule has 7 heterocycles. The summed E-state index contributed by atoms with van der Waals surface area (Å²) in [6.07, 6.45) is 6.33. The van der Waals surface area contributed by atoms with Crippen LogP contribution < -0.4 is 46.0 Å². The largest absolute Gasteiger partial charge is 0.497 e. The van der Waals surface area contributed by atoms with Gasteiger partial charge < -0.3 is 46.5 Å². The first-order valence-corrected chi connectivity index (χ1v) is 57.3. The average molecular weight is 2120 g/mol. The molecule has 2 aliphatic carbocycles. The molecule has 0 atom stereocenters. The van der Waals surface area contributed by atoms with Crippen molar-refractivity contribution in [2.24, 2.45) is 5.92 Å². The van der Waals surface area contributed by atoms with Gasteiger partial charge >= 0.3 is 6.61 Å². The monoisotopic (exact) mass is 2120 g/mol. The fourth-order valence-corrected chi connectivity index (χ4v) is 25.6. The van der Waals surface area contributed by atoms with Crippen molar-refractivity contribution in [1.29, 1.82) is 26.3 Å². The molecule has 770 valence electrons. The standard InChI is InChI=1S/C23H21F2N3O3S.2C23H25N3O3S.C21H23N3O3S.C20H20ClN3O3S/c24-23(25)31-17-7-10-19-20(12-26)22(28(21(19)11-17)13-14-1-2-14)15-3-5-16(6-4-15)27-32(29,30)18-8-9-18;1-4-25-22-14-19(29-16(2)3)10-11-20(22)21(15-24)23(25)17-6-8-18(9-7-17)26-12-5-13-30(26,27)28;1-3-13-29-19-10-11-20-21(16-24)23(25(4-2)22(20)15-19)17-6-8-18(9-7-17)26-12-5-14-30(26,27)28;1-4-12-28(25,26)23-19-9-7-6-8-17(19)21-18(14-22)16-11-10-15(27-3)13-20(16)24(21)5-2;1-4-24-19-11-16(27-3)9-10-17(19)18(12-22)20(24)14-5-7-15(8-6-14)23(2)28(25,26)13-21/h3-7,10-11,14,18,23,27H,1-2,8-9,13H2;6-11,14,16H,4-5,12-13H2,1-3H3;6-11,15H,3-5,12-14H2,1-2H3;6-11,13,23H,4-5,12H2,1-3H3;5-11H,4,13H2,1-3H3. The first kappa shape index (κ1) is 107. The van der Waals surface area contributed by atoms with E-state index in [4.69, 9.17) is 30.5 Å². The van der Waals surface area contributed by atoms with Gasteiger partial charge in [0, 0.05) is 121 Å². The molecule has 2 aliphatic heterocycles. The van der Waals surface area contributed by atoms with E-state index in [0.717, 1.165) is 124 Å². The first-order valence-electron chi connectivity index (χ1n) is 48.7. The number of aromatic nitrogens is 5. The van der Waals surface area contributed by atoms with Crippen molar-refractivity contribution in [2.45, 2.75) is 157 Å². The molecule has 19 rings (SSSR count). The Kier molecular flexibility index (Phi) is 33.2. The summed E-state index contributed by atoms with van der Waals surface area (Å²) in [7, 11) is -12.1. The molecule has 0 unspecified atom stereocenters. The third-order valence-corrected chi connectivity index (χ3v) is 35.3. The lowest BCUT2D eigenvalue weighted by molar-refractivity contribution is -0.0497. The highest BCUT2D eigenvalue weighted by molar-refractivity contribution is 7.94. The highest BCUT2D eigenvalue weighted by atomic mass is 35.5. The second-order valence-electron chi connectivity index (χ2n) is 36.1. The normalized spacial score (nSPS) is 14.1.